The largest absolute Gasteiger partial charge is 0.384 e. The number of carbonyl (C=O) groups is 1. The van der Waals surface area contributed by atoms with Crippen LogP contribution in [0.1, 0.15) is 19.4 Å². The van der Waals surface area contributed by atoms with E-state index in [1.807, 2.05) is 6.92 Å². The average molecular weight is 254 g/mol. The van der Waals surface area contributed by atoms with Crippen LogP contribution in [-0.4, -0.2) is 14.2 Å². The molecular weight excluding hydrogens is 240 g/mol. The summed E-state index contributed by atoms with van der Waals surface area (Å²) in [5.41, 5.74) is 0.958. The van der Waals surface area contributed by atoms with E-state index in [1.54, 1.807) is 12.1 Å². The molecule has 0 N–H and O–H groups in total. The highest BCUT2D eigenvalue weighted by atomic mass is 32.2. The summed E-state index contributed by atoms with van der Waals surface area (Å²) < 4.78 is 28.3. The van der Waals surface area contributed by atoms with Crippen LogP contribution in [0.3, 0.4) is 0 Å². The molecule has 5 heteroatoms. The first-order valence-electron chi connectivity index (χ1n) is 5.01. The Labute approximate surface area is 101 Å². The van der Waals surface area contributed by atoms with Crippen LogP contribution in [0.25, 0.3) is 0 Å². The zero-order chi connectivity index (χ0) is 13.1. The average Bonchev–Trinajstić information content (AvgIpc) is 2.15. The predicted molar refractivity (Wildman–Crippen MR) is 63.9 cm³/mol. The minimum absolute atomic E-state index is 0.0538. The van der Waals surface area contributed by atoms with Gasteiger partial charge >= 0.3 is 10.1 Å². The maximum absolute atomic E-state index is 11.8. The van der Waals surface area contributed by atoms with Crippen LogP contribution < -0.4 is 0 Å². The fourth-order valence-corrected chi connectivity index (χ4v) is 2.20. The molecule has 0 unspecified atom stereocenters. The number of hydrogen-bond acceptors (Lipinski definition) is 4. The number of benzene rings is 1. The highest BCUT2D eigenvalue weighted by Gasteiger charge is 2.15. The van der Waals surface area contributed by atoms with Crippen LogP contribution in [0.2, 0.25) is 0 Å². The fourth-order valence-electron chi connectivity index (χ4n) is 1.24. The molecule has 0 aromatic heterocycles. The Hall–Kier alpha value is -1.62. The molecule has 1 aromatic rings. The van der Waals surface area contributed by atoms with Crippen molar-refractivity contribution in [2.45, 2.75) is 25.7 Å². The van der Waals surface area contributed by atoms with Crippen molar-refractivity contribution in [3.8, 4) is 0 Å². The third-order valence-electron chi connectivity index (χ3n) is 1.96. The third kappa shape index (κ3) is 4.03. The highest BCUT2D eigenvalue weighted by molar-refractivity contribution is 7.86. The van der Waals surface area contributed by atoms with Gasteiger partial charge in [-0.2, -0.15) is 8.42 Å². The molecule has 0 saturated carbocycles. The van der Waals surface area contributed by atoms with Crippen LogP contribution in [0, 0.1) is 6.92 Å². The van der Waals surface area contributed by atoms with Gasteiger partial charge in [-0.25, -0.2) is 0 Å². The lowest BCUT2D eigenvalue weighted by molar-refractivity contribution is -0.112. The monoisotopic (exact) mass is 254 g/mol. The first kappa shape index (κ1) is 13.4. The molecule has 1 rings (SSSR count). The highest BCUT2D eigenvalue weighted by Crippen LogP contribution is 2.16. The molecule has 0 aliphatic rings. The van der Waals surface area contributed by atoms with Crippen molar-refractivity contribution in [1.82, 2.24) is 0 Å². The summed E-state index contributed by atoms with van der Waals surface area (Å²) in [5.74, 6) is -0.209. The number of carbonyl (C=O) groups excluding carboxylic acids is 1. The minimum atomic E-state index is -3.84. The zero-order valence-corrected chi connectivity index (χ0v) is 10.7. The van der Waals surface area contributed by atoms with Crippen molar-refractivity contribution >= 4 is 15.9 Å². The molecule has 0 heterocycles. The molecule has 0 aliphatic heterocycles. The van der Waals surface area contributed by atoms with Gasteiger partial charge in [0.1, 0.15) is 10.7 Å². The zero-order valence-electron chi connectivity index (χ0n) is 9.93. The fraction of sp³-hybridized carbons (Fsp3) is 0.250. The van der Waals surface area contributed by atoms with Gasteiger partial charge in [-0.1, -0.05) is 17.7 Å². The molecule has 1 aromatic carbocycles. The normalized spacial score (nSPS) is 12.3. The Morgan fingerprint density at radius 1 is 1.18 bits per heavy atom. The maximum atomic E-state index is 11.8. The van der Waals surface area contributed by atoms with Crippen LogP contribution in [0.15, 0.2) is 41.0 Å². The Bertz CT molecular complexity index is 538. The molecule has 17 heavy (non-hydrogen) atoms. The van der Waals surface area contributed by atoms with Gasteiger partial charge in [-0.05, 0) is 32.9 Å². The molecule has 0 fully saturated rings. The van der Waals surface area contributed by atoms with Crippen molar-refractivity contribution in [2.24, 2.45) is 0 Å². The summed E-state index contributed by atoms with van der Waals surface area (Å²) in [6.45, 7) is 4.61. The predicted octanol–water partition coefficient (Wildman–Crippen LogP) is 2.19. The van der Waals surface area contributed by atoms with Crippen LogP contribution >= 0.6 is 0 Å². The van der Waals surface area contributed by atoms with E-state index in [2.05, 4.69) is 0 Å². The van der Waals surface area contributed by atoms with E-state index in [4.69, 9.17) is 4.18 Å². The topological polar surface area (TPSA) is 60.4 Å². The summed E-state index contributed by atoms with van der Waals surface area (Å²) in [7, 11) is -3.84. The molecule has 0 saturated heterocycles. The van der Waals surface area contributed by atoms with Crippen LogP contribution in [0.4, 0.5) is 0 Å². The molecule has 0 spiro atoms. The van der Waals surface area contributed by atoms with Crippen LogP contribution in [0.5, 0.6) is 0 Å². The van der Waals surface area contributed by atoms with Gasteiger partial charge in [0.05, 0.1) is 0 Å². The van der Waals surface area contributed by atoms with E-state index in [0.29, 0.717) is 0 Å². The standard InChI is InChI=1S/C12H14O4S/c1-9-4-6-12(7-5-9)17(14,15)16-11(3)8-10(2)13/h4-8H,1-3H3/b11-8+. The smallest absolute Gasteiger partial charge is 0.338 e. The number of ketones is 1. The Morgan fingerprint density at radius 2 is 1.71 bits per heavy atom. The van der Waals surface area contributed by atoms with E-state index in [9.17, 15) is 13.2 Å². The SMILES string of the molecule is CC(=O)/C=C(\C)OS(=O)(=O)c1ccc(C)cc1. The Kier molecular flexibility index (Phi) is 4.07. The molecule has 0 radical (unpaired) electrons. The molecule has 0 bridgehead atoms. The third-order valence-corrected chi connectivity index (χ3v) is 3.29. The summed E-state index contributed by atoms with van der Waals surface area (Å²) >= 11 is 0. The molecule has 4 nitrogen and oxygen atoms in total. The van der Waals surface area contributed by atoms with Crippen molar-refractivity contribution in [1.29, 1.82) is 0 Å². The van der Waals surface area contributed by atoms with E-state index in [1.165, 1.54) is 26.0 Å². The van der Waals surface area contributed by atoms with Gasteiger partial charge in [0, 0.05) is 6.08 Å². The van der Waals surface area contributed by atoms with Gasteiger partial charge in [-0.15, -0.1) is 0 Å². The second kappa shape index (κ2) is 5.14. The summed E-state index contributed by atoms with van der Waals surface area (Å²) in [6, 6.07) is 6.29. The Morgan fingerprint density at radius 3 is 2.18 bits per heavy atom. The van der Waals surface area contributed by atoms with Crippen LogP contribution in [-0.2, 0) is 19.1 Å². The van der Waals surface area contributed by atoms with E-state index < -0.39 is 10.1 Å². The van der Waals surface area contributed by atoms with Gasteiger partial charge in [0.2, 0.25) is 0 Å². The first-order valence-corrected chi connectivity index (χ1v) is 6.42. The van der Waals surface area contributed by atoms with Crippen molar-refractivity contribution in [3.05, 3.63) is 41.7 Å². The number of aryl methyl sites for hydroxylation is 1. The van der Waals surface area contributed by atoms with Crippen molar-refractivity contribution in [3.63, 3.8) is 0 Å². The second-order valence-corrected chi connectivity index (χ2v) is 5.26. The molecular formula is C12H14O4S. The summed E-state index contributed by atoms with van der Waals surface area (Å²) in [6.07, 6.45) is 1.13. The summed E-state index contributed by atoms with van der Waals surface area (Å²) in [4.78, 5) is 10.8. The molecule has 0 aliphatic carbocycles. The van der Waals surface area contributed by atoms with Gasteiger partial charge < -0.3 is 4.18 Å². The van der Waals surface area contributed by atoms with Gasteiger partial charge in [0.15, 0.2) is 5.78 Å². The van der Waals surface area contributed by atoms with Crippen molar-refractivity contribution < 1.29 is 17.4 Å². The lowest BCUT2D eigenvalue weighted by atomic mass is 10.2. The summed E-state index contributed by atoms with van der Waals surface area (Å²) in [5, 5.41) is 0. The van der Waals surface area contributed by atoms with E-state index in [0.717, 1.165) is 11.6 Å². The molecule has 92 valence electrons. The van der Waals surface area contributed by atoms with Crippen molar-refractivity contribution in [2.75, 3.05) is 0 Å². The number of rotatable bonds is 4. The molecule has 0 amide bonds. The van der Waals surface area contributed by atoms with E-state index >= 15 is 0 Å². The van der Waals surface area contributed by atoms with E-state index in [-0.39, 0.29) is 16.4 Å². The first-order chi connectivity index (χ1) is 7.81. The Balaban J connectivity index is 2.97. The lowest BCUT2D eigenvalue weighted by Gasteiger charge is -2.06. The minimum Gasteiger partial charge on any atom is -0.384 e. The lowest BCUT2D eigenvalue weighted by Crippen LogP contribution is -2.05. The molecule has 0 atom stereocenters. The quantitative estimate of drug-likeness (QED) is 0.469. The number of allylic oxidation sites excluding steroid dienone is 2. The maximum Gasteiger partial charge on any atom is 0.338 e. The van der Waals surface area contributed by atoms with Gasteiger partial charge in [0.25, 0.3) is 0 Å². The number of hydrogen-bond donors (Lipinski definition) is 0. The second-order valence-electron chi connectivity index (χ2n) is 3.72. The van der Waals surface area contributed by atoms with Gasteiger partial charge in [-0.3, -0.25) is 4.79 Å².